The molecule has 1 heterocycles. The van der Waals surface area contributed by atoms with E-state index in [1.807, 2.05) is 70.5 Å². The molecule has 2 amide bonds. The third kappa shape index (κ3) is 5.40. The van der Waals surface area contributed by atoms with Gasteiger partial charge in [0.05, 0.1) is 11.8 Å². The Morgan fingerprint density at radius 1 is 0.594 bits per heavy atom. The third-order valence-electron chi connectivity index (χ3n) is 6.39. The monoisotopic (exact) mass is 434 g/mol. The fourth-order valence-electron chi connectivity index (χ4n) is 4.83. The highest BCUT2D eigenvalue weighted by Crippen LogP contribution is 2.38. The Hall–Kier alpha value is -2.62. The zero-order valence-corrected chi connectivity index (χ0v) is 20.5. The first-order valence-electron chi connectivity index (χ1n) is 11.7. The summed E-state index contributed by atoms with van der Waals surface area (Å²) in [6, 6.07) is 20.1. The Morgan fingerprint density at radius 2 is 0.875 bits per heavy atom. The number of amides is 2. The number of benzene rings is 2. The topological polar surface area (TPSA) is 40.6 Å². The molecule has 1 aliphatic heterocycles. The van der Waals surface area contributed by atoms with Gasteiger partial charge >= 0.3 is 0 Å². The molecule has 0 saturated carbocycles. The van der Waals surface area contributed by atoms with E-state index in [0.29, 0.717) is 26.2 Å². The number of hydrogen-bond donors (Lipinski definition) is 0. The van der Waals surface area contributed by atoms with E-state index < -0.39 is 0 Å². The predicted octanol–water partition coefficient (Wildman–Crippen LogP) is 5.32. The molecule has 1 aliphatic rings. The lowest BCUT2D eigenvalue weighted by Crippen LogP contribution is -2.54. The van der Waals surface area contributed by atoms with Gasteiger partial charge in [0.25, 0.3) is 0 Å². The van der Waals surface area contributed by atoms with Crippen molar-refractivity contribution in [1.29, 1.82) is 0 Å². The van der Waals surface area contributed by atoms with Crippen molar-refractivity contribution in [1.82, 2.24) is 9.80 Å². The molecule has 1 fully saturated rings. The van der Waals surface area contributed by atoms with E-state index in [4.69, 9.17) is 0 Å². The minimum absolute atomic E-state index is 0.159. The first-order valence-corrected chi connectivity index (χ1v) is 11.7. The van der Waals surface area contributed by atoms with Gasteiger partial charge < -0.3 is 9.80 Å². The molecule has 4 heteroatoms. The quantitative estimate of drug-likeness (QED) is 0.654. The lowest BCUT2D eigenvalue weighted by Gasteiger charge is -2.42. The van der Waals surface area contributed by atoms with Crippen LogP contribution < -0.4 is 0 Å². The van der Waals surface area contributed by atoms with E-state index in [-0.39, 0.29) is 34.5 Å². The predicted molar refractivity (Wildman–Crippen MR) is 130 cm³/mol. The second-order valence-electron chi connectivity index (χ2n) is 11.1. The van der Waals surface area contributed by atoms with Crippen LogP contribution in [0.5, 0.6) is 0 Å². The third-order valence-corrected chi connectivity index (χ3v) is 6.39. The zero-order chi connectivity index (χ0) is 23.5. The van der Waals surface area contributed by atoms with Crippen LogP contribution in [0, 0.1) is 10.8 Å². The molecule has 2 atom stereocenters. The summed E-state index contributed by atoms with van der Waals surface area (Å²) in [5, 5.41) is 0. The summed E-state index contributed by atoms with van der Waals surface area (Å²) in [4.78, 5) is 31.0. The van der Waals surface area contributed by atoms with Crippen LogP contribution in [0.25, 0.3) is 0 Å². The fourth-order valence-corrected chi connectivity index (χ4v) is 4.83. The van der Waals surface area contributed by atoms with Gasteiger partial charge in [-0.3, -0.25) is 9.59 Å². The summed E-state index contributed by atoms with van der Waals surface area (Å²) in [5.41, 5.74) is 1.74. The highest BCUT2D eigenvalue weighted by Gasteiger charge is 2.39. The van der Waals surface area contributed by atoms with Gasteiger partial charge in [0, 0.05) is 26.2 Å². The lowest BCUT2D eigenvalue weighted by atomic mass is 9.75. The molecule has 2 aromatic rings. The van der Waals surface area contributed by atoms with E-state index in [9.17, 15) is 9.59 Å². The van der Waals surface area contributed by atoms with Crippen molar-refractivity contribution < 1.29 is 9.59 Å². The largest absolute Gasteiger partial charge is 0.339 e. The first-order chi connectivity index (χ1) is 15.0. The van der Waals surface area contributed by atoms with Gasteiger partial charge in [0.2, 0.25) is 11.8 Å². The second-order valence-corrected chi connectivity index (χ2v) is 11.1. The summed E-state index contributed by atoms with van der Waals surface area (Å²) in [6.45, 7) is 15.0. The number of carbonyl (C=O) groups excluding carboxylic acids is 2. The van der Waals surface area contributed by atoms with Crippen molar-refractivity contribution in [2.45, 2.75) is 53.4 Å². The molecule has 3 rings (SSSR count). The summed E-state index contributed by atoms with van der Waals surface area (Å²) < 4.78 is 0. The number of piperazine rings is 1. The van der Waals surface area contributed by atoms with E-state index in [2.05, 4.69) is 41.5 Å². The average molecular weight is 435 g/mol. The Balaban J connectivity index is 1.73. The standard InChI is InChI=1S/C28H38N2O2/c1-27(2,3)23(21-13-9-7-10-14-21)25(31)29-17-19-30(20-18-29)26(32)24(28(4,5)6)22-15-11-8-12-16-22/h7-16,23-24H,17-20H2,1-6H3/t23-,24-/m0/s1. The minimum Gasteiger partial charge on any atom is -0.339 e. The van der Waals surface area contributed by atoms with Crippen LogP contribution >= 0.6 is 0 Å². The lowest BCUT2D eigenvalue weighted by molar-refractivity contribution is -0.144. The fraction of sp³-hybridized carbons (Fsp3) is 0.500. The SMILES string of the molecule is CC(C)(C)[C@H](C(=O)N1CCN(C(=O)[C@H](c2ccccc2)C(C)(C)C)CC1)c1ccccc1. The van der Waals surface area contributed by atoms with Gasteiger partial charge in [0.15, 0.2) is 0 Å². The molecule has 0 radical (unpaired) electrons. The maximum Gasteiger partial charge on any atom is 0.230 e. The smallest absolute Gasteiger partial charge is 0.230 e. The van der Waals surface area contributed by atoms with Crippen molar-refractivity contribution in [3.8, 4) is 0 Å². The van der Waals surface area contributed by atoms with Crippen LogP contribution in [0.1, 0.15) is 64.5 Å². The van der Waals surface area contributed by atoms with Gasteiger partial charge in [-0.1, -0.05) is 102 Å². The number of rotatable bonds is 4. The van der Waals surface area contributed by atoms with Crippen molar-refractivity contribution in [2.75, 3.05) is 26.2 Å². The summed E-state index contributed by atoms with van der Waals surface area (Å²) in [7, 11) is 0. The normalized spacial score (nSPS) is 17.1. The van der Waals surface area contributed by atoms with Gasteiger partial charge in [-0.2, -0.15) is 0 Å². The molecule has 0 unspecified atom stereocenters. The second kappa shape index (κ2) is 9.48. The summed E-state index contributed by atoms with van der Waals surface area (Å²) >= 11 is 0. The molecular formula is C28H38N2O2. The number of hydrogen-bond acceptors (Lipinski definition) is 2. The molecule has 0 aromatic heterocycles. The molecule has 4 nitrogen and oxygen atoms in total. The molecule has 0 bridgehead atoms. The molecule has 172 valence electrons. The Bertz CT molecular complexity index is 824. The number of nitrogens with zero attached hydrogens (tertiary/aromatic N) is 2. The van der Waals surface area contributed by atoms with Crippen LogP contribution in [-0.4, -0.2) is 47.8 Å². The molecule has 1 saturated heterocycles. The van der Waals surface area contributed by atoms with Crippen LogP contribution in [0.3, 0.4) is 0 Å². The van der Waals surface area contributed by atoms with Crippen molar-refractivity contribution in [3.05, 3.63) is 71.8 Å². The van der Waals surface area contributed by atoms with Gasteiger partial charge in [0.1, 0.15) is 0 Å². The van der Waals surface area contributed by atoms with Crippen molar-refractivity contribution in [2.24, 2.45) is 10.8 Å². The van der Waals surface area contributed by atoms with E-state index in [0.717, 1.165) is 11.1 Å². The molecule has 32 heavy (non-hydrogen) atoms. The highest BCUT2D eigenvalue weighted by molar-refractivity contribution is 5.86. The maximum atomic E-state index is 13.6. The van der Waals surface area contributed by atoms with E-state index in [1.54, 1.807) is 0 Å². The van der Waals surface area contributed by atoms with Gasteiger partial charge in [-0.25, -0.2) is 0 Å². The average Bonchev–Trinajstić information content (AvgIpc) is 2.73. The molecule has 0 spiro atoms. The van der Waals surface area contributed by atoms with Crippen molar-refractivity contribution in [3.63, 3.8) is 0 Å². The Kier molecular flexibility index (Phi) is 7.12. The molecule has 0 aliphatic carbocycles. The zero-order valence-electron chi connectivity index (χ0n) is 20.5. The Morgan fingerprint density at radius 3 is 1.12 bits per heavy atom. The van der Waals surface area contributed by atoms with E-state index in [1.165, 1.54) is 0 Å². The van der Waals surface area contributed by atoms with Crippen LogP contribution in [-0.2, 0) is 9.59 Å². The van der Waals surface area contributed by atoms with Gasteiger partial charge in [-0.15, -0.1) is 0 Å². The van der Waals surface area contributed by atoms with Gasteiger partial charge in [-0.05, 0) is 22.0 Å². The van der Waals surface area contributed by atoms with Crippen LogP contribution in [0.15, 0.2) is 60.7 Å². The first kappa shape index (κ1) is 24.0. The number of carbonyl (C=O) groups is 2. The van der Waals surface area contributed by atoms with Crippen LogP contribution in [0.2, 0.25) is 0 Å². The Labute approximate surface area is 193 Å². The van der Waals surface area contributed by atoms with E-state index >= 15 is 0 Å². The minimum atomic E-state index is -0.197. The highest BCUT2D eigenvalue weighted by atomic mass is 16.2. The van der Waals surface area contributed by atoms with Crippen LogP contribution in [0.4, 0.5) is 0 Å². The summed E-state index contributed by atoms with van der Waals surface area (Å²) in [6.07, 6.45) is 0. The summed E-state index contributed by atoms with van der Waals surface area (Å²) in [5.74, 6) is -0.0763. The maximum absolute atomic E-state index is 13.6. The molecule has 2 aromatic carbocycles. The molecule has 0 N–H and O–H groups in total. The van der Waals surface area contributed by atoms with Crippen molar-refractivity contribution >= 4 is 11.8 Å². The molecular weight excluding hydrogens is 396 g/mol.